The zero-order valence-electron chi connectivity index (χ0n) is 11.1. The highest BCUT2D eigenvalue weighted by molar-refractivity contribution is 7.18. The molecule has 0 radical (unpaired) electrons. The minimum atomic E-state index is 0.331. The van der Waals surface area contributed by atoms with Crippen molar-refractivity contribution in [1.82, 2.24) is 9.97 Å². The summed E-state index contributed by atoms with van der Waals surface area (Å²) in [5.41, 5.74) is 5.76. The summed E-state index contributed by atoms with van der Waals surface area (Å²) < 4.78 is 5.57. The van der Waals surface area contributed by atoms with Crippen LogP contribution in [0.3, 0.4) is 0 Å². The quantitative estimate of drug-likeness (QED) is 0.899. The fourth-order valence-corrected chi connectivity index (χ4v) is 3.30. The normalized spacial score (nSPS) is 22.4. The first kappa shape index (κ1) is 12.6. The Labute approximate surface area is 116 Å². The third-order valence-electron chi connectivity index (χ3n) is 3.37. The molecule has 0 atom stereocenters. The predicted molar refractivity (Wildman–Crippen MR) is 78.6 cm³/mol. The third-order valence-corrected chi connectivity index (χ3v) is 4.32. The van der Waals surface area contributed by atoms with Gasteiger partial charge in [0.05, 0.1) is 11.5 Å². The first-order valence-electron chi connectivity index (χ1n) is 6.57. The van der Waals surface area contributed by atoms with Gasteiger partial charge in [0.1, 0.15) is 10.6 Å². The SMILES string of the molecule is CCOC1CC(Nc2nc(N)nc3sc(C)cc23)C1. The molecule has 0 aromatic carbocycles. The Hall–Kier alpha value is -1.40. The lowest BCUT2D eigenvalue weighted by Gasteiger charge is -2.35. The minimum absolute atomic E-state index is 0.331. The van der Waals surface area contributed by atoms with Crippen LogP contribution in [0, 0.1) is 6.92 Å². The molecule has 5 nitrogen and oxygen atoms in total. The highest BCUT2D eigenvalue weighted by Gasteiger charge is 2.30. The molecular weight excluding hydrogens is 260 g/mol. The summed E-state index contributed by atoms with van der Waals surface area (Å²) >= 11 is 1.65. The van der Waals surface area contributed by atoms with Crippen LogP contribution in [0.25, 0.3) is 10.2 Å². The maximum atomic E-state index is 5.76. The molecule has 1 fully saturated rings. The van der Waals surface area contributed by atoms with Gasteiger partial charge in [-0.15, -0.1) is 11.3 Å². The van der Waals surface area contributed by atoms with Crippen LogP contribution in [-0.4, -0.2) is 28.7 Å². The van der Waals surface area contributed by atoms with Gasteiger partial charge in [-0.3, -0.25) is 0 Å². The van der Waals surface area contributed by atoms with Gasteiger partial charge in [0.15, 0.2) is 0 Å². The van der Waals surface area contributed by atoms with E-state index < -0.39 is 0 Å². The molecule has 0 aliphatic heterocycles. The van der Waals surface area contributed by atoms with E-state index in [4.69, 9.17) is 10.5 Å². The molecule has 3 N–H and O–H groups in total. The first-order chi connectivity index (χ1) is 9.15. The van der Waals surface area contributed by atoms with E-state index in [1.165, 1.54) is 4.88 Å². The molecule has 2 aromatic rings. The molecule has 1 saturated carbocycles. The fraction of sp³-hybridized carbons (Fsp3) is 0.538. The van der Waals surface area contributed by atoms with Gasteiger partial charge in [-0.2, -0.15) is 4.98 Å². The van der Waals surface area contributed by atoms with Crippen LogP contribution in [0.4, 0.5) is 11.8 Å². The van der Waals surface area contributed by atoms with Gasteiger partial charge in [0.2, 0.25) is 5.95 Å². The van der Waals surface area contributed by atoms with Crippen LogP contribution in [-0.2, 0) is 4.74 Å². The molecule has 0 bridgehead atoms. The van der Waals surface area contributed by atoms with E-state index in [9.17, 15) is 0 Å². The molecule has 0 amide bonds. The number of nitrogens with zero attached hydrogens (tertiary/aromatic N) is 2. The summed E-state index contributed by atoms with van der Waals surface area (Å²) in [5, 5.41) is 4.53. The van der Waals surface area contributed by atoms with E-state index in [-0.39, 0.29) is 0 Å². The monoisotopic (exact) mass is 278 g/mol. The van der Waals surface area contributed by atoms with E-state index in [1.54, 1.807) is 11.3 Å². The Bertz CT molecular complexity index is 592. The van der Waals surface area contributed by atoms with Crippen molar-refractivity contribution in [2.24, 2.45) is 0 Å². The Morgan fingerprint density at radius 3 is 3.00 bits per heavy atom. The Kier molecular flexibility index (Phi) is 3.28. The Morgan fingerprint density at radius 1 is 1.47 bits per heavy atom. The van der Waals surface area contributed by atoms with Crippen molar-refractivity contribution in [2.45, 2.75) is 38.8 Å². The third kappa shape index (κ3) is 2.50. The van der Waals surface area contributed by atoms with Crippen LogP contribution < -0.4 is 11.1 Å². The number of anilines is 2. The lowest BCUT2D eigenvalue weighted by molar-refractivity contribution is 0.00295. The lowest BCUT2D eigenvalue weighted by Crippen LogP contribution is -2.41. The van der Waals surface area contributed by atoms with Crippen molar-refractivity contribution in [3.63, 3.8) is 0 Å². The maximum Gasteiger partial charge on any atom is 0.223 e. The maximum absolute atomic E-state index is 5.76. The zero-order valence-corrected chi connectivity index (χ0v) is 12.0. The van der Waals surface area contributed by atoms with Gasteiger partial charge >= 0.3 is 0 Å². The molecule has 3 rings (SSSR count). The van der Waals surface area contributed by atoms with Crippen LogP contribution in [0.1, 0.15) is 24.6 Å². The molecule has 6 heteroatoms. The van der Waals surface area contributed by atoms with Gasteiger partial charge < -0.3 is 15.8 Å². The van der Waals surface area contributed by atoms with Crippen LogP contribution >= 0.6 is 11.3 Å². The number of nitrogen functional groups attached to an aromatic ring is 1. The molecule has 0 unspecified atom stereocenters. The number of hydrogen-bond acceptors (Lipinski definition) is 6. The van der Waals surface area contributed by atoms with Gasteiger partial charge in [0, 0.05) is 17.5 Å². The number of nitrogens with one attached hydrogen (secondary N) is 1. The molecule has 0 spiro atoms. The summed E-state index contributed by atoms with van der Waals surface area (Å²) in [7, 11) is 0. The van der Waals surface area contributed by atoms with E-state index in [1.807, 2.05) is 6.92 Å². The number of nitrogens with two attached hydrogens (primary N) is 1. The Morgan fingerprint density at radius 2 is 2.26 bits per heavy atom. The topological polar surface area (TPSA) is 73.1 Å². The number of rotatable bonds is 4. The highest BCUT2D eigenvalue weighted by Crippen LogP contribution is 2.32. The van der Waals surface area contributed by atoms with Crippen molar-refractivity contribution >= 4 is 33.3 Å². The van der Waals surface area contributed by atoms with E-state index in [0.29, 0.717) is 18.1 Å². The van der Waals surface area contributed by atoms with E-state index >= 15 is 0 Å². The van der Waals surface area contributed by atoms with Crippen molar-refractivity contribution in [3.05, 3.63) is 10.9 Å². The number of hydrogen-bond donors (Lipinski definition) is 2. The van der Waals surface area contributed by atoms with Crippen molar-refractivity contribution in [2.75, 3.05) is 17.7 Å². The van der Waals surface area contributed by atoms with Crippen LogP contribution in [0.2, 0.25) is 0 Å². The van der Waals surface area contributed by atoms with Gasteiger partial charge in [-0.1, -0.05) is 0 Å². The number of aryl methyl sites for hydroxylation is 1. The molecule has 2 aromatic heterocycles. The standard InChI is InChI=1S/C13H18N4OS/c1-3-18-9-5-8(6-9)15-11-10-4-7(2)19-12(10)17-13(14)16-11/h4,8-9H,3,5-6H2,1-2H3,(H3,14,15,16,17). The number of thiophene rings is 1. The van der Waals surface area contributed by atoms with E-state index in [0.717, 1.165) is 35.5 Å². The minimum Gasteiger partial charge on any atom is -0.378 e. The average molecular weight is 278 g/mol. The summed E-state index contributed by atoms with van der Waals surface area (Å²) in [6.07, 6.45) is 2.45. The largest absolute Gasteiger partial charge is 0.378 e. The second-order valence-corrected chi connectivity index (χ2v) is 6.13. The van der Waals surface area contributed by atoms with Crippen LogP contribution in [0.15, 0.2) is 6.07 Å². The van der Waals surface area contributed by atoms with Gasteiger partial charge in [0.25, 0.3) is 0 Å². The summed E-state index contributed by atoms with van der Waals surface area (Å²) in [5.74, 6) is 1.18. The van der Waals surface area contributed by atoms with E-state index in [2.05, 4.69) is 28.3 Å². The van der Waals surface area contributed by atoms with Gasteiger partial charge in [-0.25, -0.2) is 4.98 Å². The van der Waals surface area contributed by atoms with Crippen molar-refractivity contribution in [3.8, 4) is 0 Å². The zero-order chi connectivity index (χ0) is 13.4. The molecule has 19 heavy (non-hydrogen) atoms. The smallest absolute Gasteiger partial charge is 0.223 e. The Balaban J connectivity index is 1.78. The number of aromatic nitrogens is 2. The highest BCUT2D eigenvalue weighted by atomic mass is 32.1. The lowest BCUT2D eigenvalue weighted by atomic mass is 9.89. The second-order valence-electron chi connectivity index (χ2n) is 4.90. The second kappa shape index (κ2) is 4.94. The summed E-state index contributed by atoms with van der Waals surface area (Å²) in [6.45, 7) is 4.89. The summed E-state index contributed by atoms with van der Waals surface area (Å²) in [4.78, 5) is 10.8. The number of ether oxygens (including phenoxy) is 1. The molecular formula is C13H18N4OS. The van der Waals surface area contributed by atoms with Crippen LogP contribution in [0.5, 0.6) is 0 Å². The predicted octanol–water partition coefficient (Wildman–Crippen LogP) is 2.56. The number of fused-ring (bicyclic) bond motifs is 1. The van der Waals surface area contributed by atoms with Crippen molar-refractivity contribution < 1.29 is 4.74 Å². The molecule has 102 valence electrons. The van der Waals surface area contributed by atoms with Gasteiger partial charge in [-0.05, 0) is 32.8 Å². The first-order valence-corrected chi connectivity index (χ1v) is 7.39. The summed E-state index contributed by atoms with van der Waals surface area (Å²) in [6, 6.07) is 2.54. The molecule has 1 aliphatic carbocycles. The molecule has 2 heterocycles. The fourth-order valence-electron chi connectivity index (χ4n) is 2.42. The molecule has 1 aliphatic rings. The van der Waals surface area contributed by atoms with Crippen molar-refractivity contribution in [1.29, 1.82) is 0 Å². The average Bonchev–Trinajstić information content (AvgIpc) is 2.66. The molecule has 0 saturated heterocycles.